The number of ether oxygens (including phenoxy) is 1. The Morgan fingerprint density at radius 1 is 1.00 bits per heavy atom. The van der Waals surface area contributed by atoms with Crippen molar-refractivity contribution in [3.05, 3.63) is 88.9 Å². The molecular formula is C26H26ClN3O2. The first-order chi connectivity index (χ1) is 15.6. The number of fused-ring (bicyclic) bond motifs is 1. The second kappa shape index (κ2) is 8.49. The van der Waals surface area contributed by atoms with Crippen LogP contribution < -0.4 is 15.0 Å². The van der Waals surface area contributed by atoms with Gasteiger partial charge < -0.3 is 10.1 Å². The zero-order chi connectivity index (χ0) is 22.1. The van der Waals surface area contributed by atoms with Gasteiger partial charge in [-0.2, -0.15) is 0 Å². The van der Waals surface area contributed by atoms with Gasteiger partial charge in [-0.1, -0.05) is 35.9 Å². The summed E-state index contributed by atoms with van der Waals surface area (Å²) >= 11 is 6.17. The van der Waals surface area contributed by atoms with Crippen molar-refractivity contribution in [3.63, 3.8) is 0 Å². The summed E-state index contributed by atoms with van der Waals surface area (Å²) in [4.78, 5) is 18.1. The van der Waals surface area contributed by atoms with Gasteiger partial charge in [0.25, 0.3) is 5.91 Å². The maximum absolute atomic E-state index is 13.7. The van der Waals surface area contributed by atoms with E-state index in [0.29, 0.717) is 5.56 Å². The molecule has 0 unspecified atom stereocenters. The topological polar surface area (TPSA) is 44.8 Å². The molecule has 5 nitrogen and oxygen atoms in total. The number of hydrogen-bond donors (Lipinski definition) is 1. The minimum Gasteiger partial charge on any atom is -0.497 e. The third-order valence-electron chi connectivity index (χ3n) is 6.46. The molecule has 1 spiro atoms. The molecule has 0 radical (unpaired) electrons. The molecule has 3 aromatic carbocycles. The highest BCUT2D eigenvalue weighted by atomic mass is 35.5. The predicted molar refractivity (Wildman–Crippen MR) is 129 cm³/mol. The number of benzene rings is 3. The van der Waals surface area contributed by atoms with E-state index in [1.54, 1.807) is 7.11 Å². The minimum atomic E-state index is -0.467. The molecule has 1 N–H and O–H groups in total. The SMILES string of the molecule is COc1ccc(N2C(=O)c3ccccc3NC23CCN(Cc2cccc(Cl)c2)CC3)cc1. The lowest BCUT2D eigenvalue weighted by atomic mass is 9.89. The number of amides is 1. The van der Waals surface area contributed by atoms with E-state index in [-0.39, 0.29) is 5.91 Å². The van der Waals surface area contributed by atoms with E-state index < -0.39 is 5.66 Å². The summed E-state index contributed by atoms with van der Waals surface area (Å²) in [6.45, 7) is 2.60. The quantitative estimate of drug-likeness (QED) is 0.580. The maximum atomic E-state index is 13.7. The molecular weight excluding hydrogens is 422 g/mol. The summed E-state index contributed by atoms with van der Waals surface area (Å²) in [7, 11) is 1.65. The van der Waals surface area contributed by atoms with Gasteiger partial charge in [-0.25, -0.2) is 0 Å². The number of piperidine rings is 1. The molecule has 1 amide bonds. The Labute approximate surface area is 193 Å². The summed E-state index contributed by atoms with van der Waals surface area (Å²) in [5.41, 5.74) is 3.23. The molecule has 0 aliphatic carbocycles. The van der Waals surface area contributed by atoms with Crippen LogP contribution in [0.5, 0.6) is 5.75 Å². The summed E-state index contributed by atoms with van der Waals surface area (Å²) in [5, 5.41) is 4.50. The molecule has 0 saturated carbocycles. The normalized spacial score (nSPS) is 17.7. The Hall–Kier alpha value is -3.02. The fraction of sp³-hybridized carbons (Fsp3) is 0.269. The van der Waals surface area contributed by atoms with Crippen LogP contribution in [0.4, 0.5) is 11.4 Å². The number of halogens is 1. The first-order valence-electron chi connectivity index (χ1n) is 10.9. The van der Waals surface area contributed by atoms with Crippen LogP contribution >= 0.6 is 11.6 Å². The van der Waals surface area contributed by atoms with Gasteiger partial charge in [0.1, 0.15) is 11.4 Å². The van der Waals surface area contributed by atoms with E-state index in [2.05, 4.69) is 16.3 Å². The number of nitrogens with one attached hydrogen (secondary N) is 1. The molecule has 0 atom stereocenters. The Balaban J connectivity index is 1.44. The fourth-order valence-electron chi connectivity index (χ4n) is 4.82. The average molecular weight is 448 g/mol. The number of likely N-dealkylation sites (tertiary alicyclic amines) is 1. The summed E-state index contributed by atoms with van der Waals surface area (Å²) < 4.78 is 5.32. The summed E-state index contributed by atoms with van der Waals surface area (Å²) in [6, 6.07) is 23.5. The van der Waals surface area contributed by atoms with Gasteiger partial charge >= 0.3 is 0 Å². The lowest BCUT2D eigenvalue weighted by molar-refractivity contribution is 0.0904. The van der Waals surface area contributed by atoms with Gasteiger partial charge in [-0.05, 0) is 54.1 Å². The zero-order valence-corrected chi connectivity index (χ0v) is 18.8. The molecule has 2 aliphatic heterocycles. The molecule has 3 aromatic rings. The zero-order valence-electron chi connectivity index (χ0n) is 18.1. The lowest BCUT2D eigenvalue weighted by Gasteiger charge is -2.52. The van der Waals surface area contributed by atoms with E-state index >= 15 is 0 Å². The molecule has 0 bridgehead atoms. The van der Waals surface area contributed by atoms with Crippen LogP contribution in [-0.4, -0.2) is 36.7 Å². The predicted octanol–water partition coefficient (Wildman–Crippen LogP) is 5.41. The Morgan fingerprint density at radius 3 is 2.47 bits per heavy atom. The molecule has 32 heavy (non-hydrogen) atoms. The maximum Gasteiger partial charge on any atom is 0.262 e. The van der Waals surface area contributed by atoms with Crippen molar-refractivity contribution in [2.45, 2.75) is 25.0 Å². The van der Waals surface area contributed by atoms with Crippen LogP contribution in [-0.2, 0) is 6.54 Å². The van der Waals surface area contributed by atoms with Crippen LogP contribution in [0.3, 0.4) is 0 Å². The van der Waals surface area contributed by atoms with Crippen molar-refractivity contribution in [1.82, 2.24) is 4.90 Å². The van der Waals surface area contributed by atoms with Crippen molar-refractivity contribution in [2.24, 2.45) is 0 Å². The van der Waals surface area contributed by atoms with Crippen molar-refractivity contribution < 1.29 is 9.53 Å². The molecule has 5 rings (SSSR count). The van der Waals surface area contributed by atoms with Gasteiger partial charge in [0.2, 0.25) is 0 Å². The lowest BCUT2D eigenvalue weighted by Crippen LogP contribution is -2.64. The Morgan fingerprint density at radius 2 is 1.75 bits per heavy atom. The van der Waals surface area contributed by atoms with Gasteiger partial charge in [-0.3, -0.25) is 14.6 Å². The van der Waals surface area contributed by atoms with E-state index in [1.807, 2.05) is 71.6 Å². The monoisotopic (exact) mass is 447 g/mol. The van der Waals surface area contributed by atoms with Crippen LogP contribution in [0.2, 0.25) is 5.02 Å². The number of hydrogen-bond acceptors (Lipinski definition) is 4. The molecule has 6 heteroatoms. The molecule has 2 aliphatic rings. The van der Waals surface area contributed by atoms with Crippen molar-refractivity contribution in [3.8, 4) is 5.75 Å². The molecule has 1 saturated heterocycles. The largest absolute Gasteiger partial charge is 0.497 e. The standard InChI is InChI=1S/C26H26ClN3O2/c1-32-22-11-9-21(10-12-22)30-25(31)23-7-2-3-8-24(23)28-26(30)13-15-29(16-14-26)18-19-5-4-6-20(27)17-19/h2-12,17,28H,13-16,18H2,1H3. The molecule has 1 fully saturated rings. The van der Waals surface area contributed by atoms with Gasteiger partial charge in [0, 0.05) is 48.9 Å². The molecule has 2 heterocycles. The van der Waals surface area contributed by atoms with Gasteiger partial charge in [-0.15, -0.1) is 0 Å². The van der Waals surface area contributed by atoms with Crippen LogP contribution in [0, 0.1) is 0 Å². The second-order valence-electron chi connectivity index (χ2n) is 8.45. The smallest absolute Gasteiger partial charge is 0.262 e. The summed E-state index contributed by atoms with van der Waals surface area (Å²) in [6.07, 6.45) is 1.64. The number of nitrogens with zero attached hydrogens (tertiary/aromatic N) is 2. The van der Waals surface area contributed by atoms with Crippen LogP contribution in [0.25, 0.3) is 0 Å². The third kappa shape index (κ3) is 3.83. The number of carbonyl (C=O) groups is 1. The average Bonchev–Trinajstić information content (AvgIpc) is 2.81. The van der Waals surface area contributed by atoms with Crippen molar-refractivity contribution in [2.75, 3.05) is 30.4 Å². The second-order valence-corrected chi connectivity index (χ2v) is 8.88. The van der Waals surface area contributed by atoms with E-state index in [9.17, 15) is 4.79 Å². The highest BCUT2D eigenvalue weighted by molar-refractivity contribution is 6.30. The fourth-order valence-corrected chi connectivity index (χ4v) is 5.03. The number of carbonyl (C=O) groups excluding carboxylic acids is 1. The minimum absolute atomic E-state index is 0.0350. The van der Waals surface area contributed by atoms with Gasteiger partial charge in [0.05, 0.1) is 12.7 Å². The first-order valence-corrected chi connectivity index (χ1v) is 11.3. The Kier molecular flexibility index (Phi) is 5.53. The van der Waals surface area contributed by atoms with Crippen LogP contribution in [0.15, 0.2) is 72.8 Å². The number of rotatable bonds is 4. The Bertz CT molecular complexity index is 1120. The molecule has 164 valence electrons. The van der Waals surface area contributed by atoms with Crippen molar-refractivity contribution in [1.29, 1.82) is 0 Å². The van der Waals surface area contributed by atoms with E-state index in [4.69, 9.17) is 16.3 Å². The summed E-state index contributed by atoms with van der Waals surface area (Å²) in [5.74, 6) is 0.810. The van der Waals surface area contributed by atoms with E-state index in [1.165, 1.54) is 5.56 Å². The van der Waals surface area contributed by atoms with E-state index in [0.717, 1.165) is 54.6 Å². The number of methoxy groups -OCH3 is 1. The number of anilines is 2. The number of para-hydroxylation sites is 1. The third-order valence-corrected chi connectivity index (χ3v) is 6.70. The molecule has 0 aromatic heterocycles. The van der Waals surface area contributed by atoms with Crippen molar-refractivity contribution >= 4 is 28.9 Å². The highest BCUT2D eigenvalue weighted by Gasteiger charge is 2.47. The van der Waals surface area contributed by atoms with Gasteiger partial charge in [0.15, 0.2) is 0 Å². The van der Waals surface area contributed by atoms with Crippen LogP contribution in [0.1, 0.15) is 28.8 Å². The first kappa shape index (κ1) is 20.9. The highest BCUT2D eigenvalue weighted by Crippen LogP contribution is 2.41.